The second-order valence-corrected chi connectivity index (χ2v) is 11.6. The van der Waals surface area contributed by atoms with Crippen molar-refractivity contribution in [3.05, 3.63) is 46.8 Å². The predicted octanol–water partition coefficient (Wildman–Crippen LogP) is 2.65. The van der Waals surface area contributed by atoms with Crippen LogP contribution in [0.15, 0.2) is 46.3 Å². The van der Waals surface area contributed by atoms with Gasteiger partial charge in [0.2, 0.25) is 10.0 Å². The molecule has 188 valence electrons. The normalized spacial score (nSPS) is 20.9. The Morgan fingerprint density at radius 1 is 1.11 bits per heavy atom. The highest BCUT2D eigenvalue weighted by Gasteiger charge is 2.32. The molecule has 0 N–H and O–H groups in total. The summed E-state index contributed by atoms with van der Waals surface area (Å²) in [6.07, 6.45) is 5.19. The third kappa shape index (κ3) is 4.65. The van der Waals surface area contributed by atoms with Crippen LogP contribution in [0.3, 0.4) is 0 Å². The van der Waals surface area contributed by atoms with Gasteiger partial charge in [-0.15, -0.1) is 6.42 Å². The smallest absolute Gasteiger partial charge is 0.279 e. The van der Waals surface area contributed by atoms with E-state index in [0.29, 0.717) is 29.5 Å². The maximum absolute atomic E-state index is 13.1. The lowest BCUT2D eigenvalue weighted by atomic mass is 10.2. The molecule has 1 fully saturated rings. The first-order chi connectivity index (χ1) is 17.3. The average molecular weight is 528 g/mol. The lowest BCUT2D eigenvalue weighted by Gasteiger charge is -2.34. The van der Waals surface area contributed by atoms with Crippen LogP contribution < -0.4 is 14.3 Å². The number of morpholine rings is 1. The van der Waals surface area contributed by atoms with Gasteiger partial charge in [-0.3, -0.25) is 4.79 Å². The quantitative estimate of drug-likeness (QED) is 0.484. The monoisotopic (exact) mass is 527 g/mol. The molecule has 2 aliphatic rings. The summed E-state index contributed by atoms with van der Waals surface area (Å²) in [6.45, 7) is 5.41. The summed E-state index contributed by atoms with van der Waals surface area (Å²) in [5, 5.41) is 0. The van der Waals surface area contributed by atoms with Gasteiger partial charge in [0.15, 0.2) is 16.3 Å². The van der Waals surface area contributed by atoms with E-state index in [2.05, 4.69) is 10.9 Å². The number of ether oxygens (including phenoxy) is 3. The molecule has 1 saturated heterocycles. The third-order valence-corrected chi connectivity index (χ3v) is 8.81. The van der Waals surface area contributed by atoms with Crippen molar-refractivity contribution in [1.29, 1.82) is 0 Å². The summed E-state index contributed by atoms with van der Waals surface area (Å²) in [6, 6.07) is 9.53. The molecule has 9 nitrogen and oxygen atoms in total. The second-order valence-electron chi connectivity index (χ2n) is 8.66. The van der Waals surface area contributed by atoms with Gasteiger partial charge in [0.05, 0.1) is 33.9 Å². The van der Waals surface area contributed by atoms with Crippen LogP contribution in [0.4, 0.5) is 0 Å². The molecule has 0 bridgehead atoms. The van der Waals surface area contributed by atoms with Crippen molar-refractivity contribution in [2.75, 3.05) is 26.3 Å². The number of aromatic nitrogens is 1. The third-order valence-electron chi connectivity index (χ3n) is 5.92. The zero-order valence-corrected chi connectivity index (χ0v) is 21.5. The molecule has 2 unspecified atom stereocenters. The van der Waals surface area contributed by atoms with Crippen LogP contribution in [0.1, 0.15) is 24.2 Å². The van der Waals surface area contributed by atoms with Gasteiger partial charge in [0, 0.05) is 30.8 Å². The number of benzene rings is 2. The number of carbonyl (C=O) groups is 1. The molecule has 2 aromatic carbocycles. The largest absolute Gasteiger partial charge is 0.486 e. The van der Waals surface area contributed by atoms with Crippen molar-refractivity contribution < 1.29 is 27.4 Å². The summed E-state index contributed by atoms with van der Waals surface area (Å²) < 4.78 is 47.2. The maximum Gasteiger partial charge on any atom is 0.279 e. The summed E-state index contributed by atoms with van der Waals surface area (Å²) in [5.74, 6) is 3.37. The van der Waals surface area contributed by atoms with Crippen LogP contribution in [0.5, 0.6) is 11.5 Å². The minimum Gasteiger partial charge on any atom is -0.486 e. The number of hydrogen-bond donors (Lipinski definition) is 0. The highest BCUT2D eigenvalue weighted by Crippen LogP contribution is 2.35. The van der Waals surface area contributed by atoms with E-state index in [1.165, 1.54) is 39.9 Å². The van der Waals surface area contributed by atoms with E-state index in [-0.39, 0.29) is 42.3 Å². The molecular weight excluding hydrogens is 502 g/mol. The summed E-state index contributed by atoms with van der Waals surface area (Å²) in [5.41, 5.74) is 1.07. The van der Waals surface area contributed by atoms with Crippen LogP contribution in [0, 0.1) is 12.3 Å². The molecule has 36 heavy (non-hydrogen) atoms. The van der Waals surface area contributed by atoms with Crippen LogP contribution in [0.2, 0.25) is 0 Å². The predicted molar refractivity (Wildman–Crippen MR) is 135 cm³/mol. The lowest BCUT2D eigenvalue weighted by Crippen LogP contribution is -2.48. The van der Waals surface area contributed by atoms with Gasteiger partial charge in [-0.05, 0) is 38.1 Å². The number of amides is 1. The first-order valence-corrected chi connectivity index (χ1v) is 13.7. The Balaban J connectivity index is 1.45. The van der Waals surface area contributed by atoms with E-state index in [0.717, 1.165) is 10.2 Å². The summed E-state index contributed by atoms with van der Waals surface area (Å²) in [7, 11) is -3.71. The van der Waals surface area contributed by atoms with Crippen molar-refractivity contribution in [2.24, 2.45) is 4.99 Å². The Bertz CT molecular complexity index is 1520. The van der Waals surface area contributed by atoms with Gasteiger partial charge in [0.25, 0.3) is 5.91 Å². The van der Waals surface area contributed by atoms with Crippen molar-refractivity contribution in [2.45, 2.75) is 37.5 Å². The molecule has 3 aromatic rings. The number of hydrogen-bond acceptors (Lipinski definition) is 7. The van der Waals surface area contributed by atoms with Gasteiger partial charge >= 0.3 is 0 Å². The second kappa shape index (κ2) is 9.71. The fourth-order valence-corrected chi connectivity index (χ4v) is 6.96. The van der Waals surface area contributed by atoms with Crippen LogP contribution in [0.25, 0.3) is 10.2 Å². The standard InChI is InChI=1S/C25H25N3O6S2/c1-4-9-28-20-12-21-22(33-11-10-32-21)13-23(20)35-25(28)26-24(29)18-5-7-19(8-6-18)36(30,31)27-14-16(2)34-17(3)15-27/h1,5-8,12-13,16-17H,9-11,14-15H2,2-3H3. The summed E-state index contributed by atoms with van der Waals surface area (Å²) >= 11 is 1.32. The highest BCUT2D eigenvalue weighted by molar-refractivity contribution is 7.89. The van der Waals surface area contributed by atoms with Crippen LogP contribution in [-0.2, 0) is 21.3 Å². The Morgan fingerprint density at radius 2 is 1.75 bits per heavy atom. The number of carbonyl (C=O) groups excluding carboxylic acids is 1. The minimum atomic E-state index is -3.71. The zero-order chi connectivity index (χ0) is 25.4. The first-order valence-electron chi connectivity index (χ1n) is 11.5. The van der Waals surface area contributed by atoms with E-state index < -0.39 is 15.9 Å². The van der Waals surface area contributed by atoms with Crippen LogP contribution >= 0.6 is 11.3 Å². The number of sulfonamides is 1. The number of rotatable bonds is 4. The molecule has 0 aliphatic carbocycles. The van der Waals surface area contributed by atoms with Gasteiger partial charge in [-0.1, -0.05) is 17.3 Å². The minimum absolute atomic E-state index is 0.121. The van der Waals surface area contributed by atoms with E-state index >= 15 is 0 Å². The van der Waals surface area contributed by atoms with E-state index in [1.54, 1.807) is 4.57 Å². The fraction of sp³-hybridized carbons (Fsp3) is 0.360. The van der Waals surface area contributed by atoms with Crippen LogP contribution in [-0.4, -0.2) is 61.7 Å². The molecule has 0 saturated carbocycles. The molecule has 0 radical (unpaired) electrons. The van der Waals surface area contributed by atoms with Gasteiger partial charge in [0.1, 0.15) is 13.2 Å². The number of terminal acetylenes is 1. The molecule has 5 rings (SSSR count). The van der Waals surface area contributed by atoms with E-state index in [1.807, 2.05) is 26.0 Å². The van der Waals surface area contributed by atoms with Crippen molar-refractivity contribution in [1.82, 2.24) is 8.87 Å². The van der Waals surface area contributed by atoms with Gasteiger partial charge in [-0.25, -0.2) is 8.42 Å². The maximum atomic E-state index is 13.1. The fourth-order valence-electron chi connectivity index (χ4n) is 4.33. The van der Waals surface area contributed by atoms with Gasteiger partial charge < -0.3 is 18.8 Å². The number of nitrogens with zero attached hydrogens (tertiary/aromatic N) is 3. The van der Waals surface area contributed by atoms with E-state index in [4.69, 9.17) is 20.6 Å². The first kappa shape index (κ1) is 24.5. The van der Waals surface area contributed by atoms with Crippen molar-refractivity contribution >= 4 is 37.5 Å². The number of fused-ring (bicyclic) bond motifs is 2. The van der Waals surface area contributed by atoms with Gasteiger partial charge in [-0.2, -0.15) is 9.30 Å². The molecular formula is C25H25N3O6S2. The molecule has 11 heteroatoms. The summed E-state index contributed by atoms with van der Waals surface area (Å²) in [4.78, 5) is 17.9. The lowest BCUT2D eigenvalue weighted by molar-refractivity contribution is -0.0440. The molecule has 1 amide bonds. The highest BCUT2D eigenvalue weighted by atomic mass is 32.2. The molecule has 0 spiro atoms. The Kier molecular flexibility index (Phi) is 6.61. The Hall–Kier alpha value is -3.17. The Morgan fingerprint density at radius 3 is 2.39 bits per heavy atom. The number of thiazole rings is 1. The molecule has 2 aliphatic heterocycles. The van der Waals surface area contributed by atoms with Crippen molar-refractivity contribution in [3.63, 3.8) is 0 Å². The zero-order valence-electron chi connectivity index (χ0n) is 19.8. The molecule has 1 aromatic heterocycles. The van der Waals surface area contributed by atoms with Crippen molar-refractivity contribution in [3.8, 4) is 23.8 Å². The Labute approximate surface area is 213 Å². The van der Waals surface area contributed by atoms with E-state index in [9.17, 15) is 13.2 Å². The topological polar surface area (TPSA) is 99.4 Å². The molecule has 2 atom stereocenters. The SMILES string of the molecule is C#CCn1c(=NC(=O)c2ccc(S(=O)(=O)N3CC(C)OC(C)C3)cc2)sc2cc3c(cc21)OCCO3. The molecule has 3 heterocycles. The average Bonchev–Trinajstić information content (AvgIpc) is 3.18.